The molecule has 1 N–H and O–H groups in total. The molecule has 8 heteroatoms. The molecule has 0 spiro atoms. The number of aromatic nitrogens is 2. The number of phenols is 1. The first kappa shape index (κ1) is 18.6. The van der Waals surface area contributed by atoms with E-state index in [1.54, 1.807) is 29.8 Å². The third-order valence-electron chi connectivity index (χ3n) is 4.31. The molecule has 0 saturated heterocycles. The summed E-state index contributed by atoms with van der Waals surface area (Å²) >= 11 is 0. The van der Waals surface area contributed by atoms with Gasteiger partial charge in [0.2, 0.25) is 0 Å². The second-order valence-electron chi connectivity index (χ2n) is 5.98. The predicted octanol–water partition coefficient (Wildman–Crippen LogP) is 3.40. The van der Waals surface area contributed by atoms with Crippen LogP contribution in [0.1, 0.15) is 32.9 Å². The van der Waals surface area contributed by atoms with E-state index in [4.69, 9.17) is 5.26 Å². The van der Waals surface area contributed by atoms with E-state index in [2.05, 4.69) is 10.0 Å². The fourth-order valence-corrected chi connectivity index (χ4v) is 2.87. The van der Waals surface area contributed by atoms with Gasteiger partial charge in [0.05, 0.1) is 17.7 Å². The summed E-state index contributed by atoms with van der Waals surface area (Å²) in [5.41, 5.74) is 2.98. The molecule has 0 amide bonds. The van der Waals surface area contributed by atoms with Gasteiger partial charge in [0, 0.05) is 15.8 Å². The number of nitrogens with zero attached hydrogens (tertiary/aromatic N) is 4. The molecule has 0 aliphatic heterocycles. The molecule has 0 aliphatic carbocycles. The average Bonchev–Trinajstić information content (AvgIpc) is 3.03. The summed E-state index contributed by atoms with van der Waals surface area (Å²) in [5, 5.41) is 32.6. The Morgan fingerprint density at radius 2 is 1.93 bits per heavy atom. The summed E-state index contributed by atoms with van der Waals surface area (Å²) in [4.78, 5) is 14.4. The number of carbonyl (C=O) groups is 1. The number of hydrogen-bond acceptors (Lipinski definition) is 6. The maximum absolute atomic E-state index is 12.0. The normalized spacial score (nSPS) is 10.1. The van der Waals surface area contributed by atoms with Crippen molar-refractivity contribution in [2.24, 2.45) is 0 Å². The van der Waals surface area contributed by atoms with Crippen molar-refractivity contribution in [1.82, 2.24) is 9.78 Å². The van der Waals surface area contributed by atoms with E-state index in [0.29, 0.717) is 23.4 Å². The topological polar surface area (TPSA) is 112 Å². The van der Waals surface area contributed by atoms with Crippen molar-refractivity contribution in [2.45, 2.75) is 13.5 Å². The Bertz CT molecular complexity index is 1140. The quantitative estimate of drug-likeness (QED) is 0.747. The summed E-state index contributed by atoms with van der Waals surface area (Å²) in [6.07, 6.45) is 0. The minimum Gasteiger partial charge on any atom is -0.507 e. The Morgan fingerprint density at radius 1 is 1.21 bits per heavy atom. The summed E-state index contributed by atoms with van der Waals surface area (Å²) in [6, 6.07) is 14.6. The lowest BCUT2D eigenvalue weighted by Crippen LogP contribution is -2.05. The van der Waals surface area contributed by atoms with Crippen molar-refractivity contribution in [3.05, 3.63) is 70.5 Å². The van der Waals surface area contributed by atoms with Crippen LogP contribution in [0, 0.1) is 29.6 Å². The van der Waals surface area contributed by atoms with E-state index in [0.717, 1.165) is 5.56 Å². The van der Waals surface area contributed by atoms with Crippen LogP contribution in [0.4, 0.5) is 4.53 Å². The molecule has 1 aromatic heterocycles. The van der Waals surface area contributed by atoms with Crippen LogP contribution in [0.15, 0.2) is 42.5 Å². The van der Waals surface area contributed by atoms with Gasteiger partial charge in [-0.3, -0.25) is 4.68 Å². The first-order valence-corrected chi connectivity index (χ1v) is 8.11. The van der Waals surface area contributed by atoms with Crippen LogP contribution < -0.4 is 0 Å². The van der Waals surface area contributed by atoms with Crippen LogP contribution in [0.3, 0.4) is 0 Å². The fraction of sp³-hybridized carbons (Fsp3) is 0.100. The molecule has 3 rings (SSSR count). The Labute approximate surface area is 159 Å². The second-order valence-corrected chi connectivity index (χ2v) is 5.98. The van der Waals surface area contributed by atoms with Crippen molar-refractivity contribution < 1.29 is 19.4 Å². The Kier molecular flexibility index (Phi) is 5.05. The number of aromatic hydroxyl groups is 1. The zero-order valence-corrected chi connectivity index (χ0v) is 14.7. The number of halogens is 1. The number of phenolic OH excluding ortho intramolecular Hbond substituents is 1. The van der Waals surface area contributed by atoms with Gasteiger partial charge in [-0.2, -0.15) is 15.6 Å². The van der Waals surface area contributed by atoms with E-state index < -0.39 is 5.97 Å². The third kappa shape index (κ3) is 3.39. The average molecular weight is 376 g/mol. The van der Waals surface area contributed by atoms with Crippen molar-refractivity contribution in [1.29, 1.82) is 10.5 Å². The zero-order valence-electron chi connectivity index (χ0n) is 14.7. The maximum Gasteiger partial charge on any atom is 0.379 e. The van der Waals surface area contributed by atoms with Crippen molar-refractivity contribution in [3.63, 3.8) is 0 Å². The molecule has 0 fully saturated rings. The molecule has 28 heavy (non-hydrogen) atoms. The Morgan fingerprint density at radius 3 is 2.50 bits per heavy atom. The Hall–Kier alpha value is -4.17. The molecular weight excluding hydrogens is 363 g/mol. The molecule has 0 radical (unpaired) electrons. The molecule has 0 bridgehead atoms. The molecule has 0 atom stereocenters. The fourth-order valence-electron chi connectivity index (χ4n) is 2.87. The molecule has 0 saturated carbocycles. The van der Waals surface area contributed by atoms with Crippen LogP contribution in [-0.4, -0.2) is 20.9 Å². The molecule has 2 aromatic carbocycles. The first-order valence-electron chi connectivity index (χ1n) is 8.11. The van der Waals surface area contributed by atoms with E-state index in [1.807, 2.05) is 12.1 Å². The molecule has 0 aliphatic rings. The van der Waals surface area contributed by atoms with Gasteiger partial charge in [-0.25, -0.2) is 9.74 Å². The van der Waals surface area contributed by atoms with Gasteiger partial charge < -0.3 is 5.11 Å². The van der Waals surface area contributed by atoms with Gasteiger partial charge in [0.1, 0.15) is 17.9 Å². The van der Waals surface area contributed by atoms with Crippen molar-refractivity contribution >= 4 is 5.97 Å². The number of carbonyl (C=O) groups excluding carboxylic acids is 1. The van der Waals surface area contributed by atoms with Crippen molar-refractivity contribution in [2.75, 3.05) is 0 Å². The van der Waals surface area contributed by atoms with E-state index in [9.17, 15) is 19.7 Å². The van der Waals surface area contributed by atoms with Gasteiger partial charge in [-0.15, -0.1) is 0 Å². The van der Waals surface area contributed by atoms with Crippen LogP contribution in [0.25, 0.3) is 11.1 Å². The van der Waals surface area contributed by atoms with Gasteiger partial charge in [0.15, 0.2) is 5.69 Å². The molecule has 1 heterocycles. The van der Waals surface area contributed by atoms with Gasteiger partial charge in [-0.05, 0) is 42.3 Å². The molecular formula is C20H13FN4O3. The number of benzene rings is 2. The smallest absolute Gasteiger partial charge is 0.379 e. The third-order valence-corrected chi connectivity index (χ3v) is 4.31. The summed E-state index contributed by atoms with van der Waals surface area (Å²) in [5.74, 6) is -1.25. The lowest BCUT2D eigenvalue weighted by atomic mass is 10.0. The lowest BCUT2D eigenvalue weighted by Gasteiger charge is -2.07. The number of hydrogen-bond donors (Lipinski definition) is 1. The molecule has 138 valence electrons. The number of nitriles is 2. The van der Waals surface area contributed by atoms with Crippen LogP contribution in [0.2, 0.25) is 0 Å². The minimum atomic E-state index is -1.07. The maximum atomic E-state index is 12.0. The SMILES string of the molecule is Cc1c(-c2ccc(C#N)c(O)c2)c(C#N)nn1Cc1ccc(C(=O)OF)cc1. The molecule has 0 unspecified atom stereocenters. The molecule has 7 nitrogen and oxygen atoms in total. The predicted molar refractivity (Wildman–Crippen MR) is 95.6 cm³/mol. The first-order chi connectivity index (χ1) is 13.5. The monoisotopic (exact) mass is 376 g/mol. The van der Waals surface area contributed by atoms with Gasteiger partial charge >= 0.3 is 5.97 Å². The highest BCUT2D eigenvalue weighted by Gasteiger charge is 2.18. The second kappa shape index (κ2) is 7.60. The van der Waals surface area contributed by atoms with E-state index in [-0.39, 0.29) is 22.6 Å². The Balaban J connectivity index is 1.97. The van der Waals surface area contributed by atoms with E-state index >= 15 is 0 Å². The largest absolute Gasteiger partial charge is 0.507 e. The summed E-state index contributed by atoms with van der Waals surface area (Å²) < 4.78 is 13.6. The lowest BCUT2D eigenvalue weighted by molar-refractivity contribution is -0.0788. The highest BCUT2D eigenvalue weighted by molar-refractivity contribution is 5.88. The highest BCUT2D eigenvalue weighted by Crippen LogP contribution is 2.31. The van der Waals surface area contributed by atoms with Crippen LogP contribution in [-0.2, 0) is 11.5 Å². The van der Waals surface area contributed by atoms with E-state index in [1.165, 1.54) is 24.3 Å². The summed E-state index contributed by atoms with van der Waals surface area (Å²) in [6.45, 7) is 2.10. The standard InChI is InChI=1S/C20H13FN4O3/c1-12-19(15-6-7-16(9-22)18(26)8-15)17(10-23)24-25(12)11-13-2-4-14(5-3-13)20(27)28-21/h2-8,26H,11H2,1H3. The highest BCUT2D eigenvalue weighted by atomic mass is 19.3. The van der Waals surface area contributed by atoms with Crippen molar-refractivity contribution in [3.8, 4) is 29.0 Å². The zero-order chi connectivity index (χ0) is 20.3. The van der Waals surface area contributed by atoms with Gasteiger partial charge in [0.25, 0.3) is 0 Å². The molecule has 3 aromatic rings. The minimum absolute atomic E-state index is 0.0786. The summed E-state index contributed by atoms with van der Waals surface area (Å²) in [7, 11) is 0. The van der Waals surface area contributed by atoms with Gasteiger partial charge in [-0.1, -0.05) is 18.2 Å². The van der Waals surface area contributed by atoms with Crippen LogP contribution >= 0.6 is 0 Å². The number of rotatable bonds is 4. The van der Waals surface area contributed by atoms with Crippen LogP contribution in [0.5, 0.6) is 5.75 Å².